The summed E-state index contributed by atoms with van der Waals surface area (Å²) < 4.78 is 14.1. The molecule has 1 aromatic carbocycles. The van der Waals surface area contributed by atoms with Crippen molar-refractivity contribution in [1.82, 2.24) is 24.5 Å². The first-order valence-corrected chi connectivity index (χ1v) is 10.7. The quantitative estimate of drug-likeness (QED) is 0.492. The highest BCUT2D eigenvalue weighted by molar-refractivity contribution is 5.84. The zero-order chi connectivity index (χ0) is 21.4. The maximum atomic E-state index is 6.03. The average molecular weight is 419 g/mol. The van der Waals surface area contributed by atoms with Crippen molar-refractivity contribution in [2.75, 3.05) is 11.9 Å². The molecule has 0 spiro atoms. The van der Waals surface area contributed by atoms with Gasteiger partial charge in [-0.1, -0.05) is 6.07 Å². The Hall–Kier alpha value is -3.26. The number of nitrogens with zero attached hydrogens (tertiary/aromatic N) is 5. The standard InChI is InChI=1S/C23H26N6O2/c1-14(2)31-22-20-21(29(15(3)25-20)19-8-4-5-12-30-19)27-23(28-22)26-17-9-10-18-16(13-17)7-6-11-24-18/h6-7,9-11,13-14,19H,4-5,8,12H2,1-3H3,(H,26,27,28). The van der Waals surface area contributed by atoms with E-state index in [0.717, 1.165) is 53.9 Å². The molecular weight excluding hydrogens is 392 g/mol. The van der Waals surface area contributed by atoms with Gasteiger partial charge in [0.05, 0.1) is 11.6 Å². The number of aromatic nitrogens is 5. The lowest BCUT2D eigenvalue weighted by Gasteiger charge is -2.25. The zero-order valence-corrected chi connectivity index (χ0v) is 18.0. The Balaban J connectivity index is 1.59. The summed E-state index contributed by atoms with van der Waals surface area (Å²) in [4.78, 5) is 18.6. The third-order valence-corrected chi connectivity index (χ3v) is 5.33. The van der Waals surface area contributed by atoms with Crippen LogP contribution in [0.25, 0.3) is 22.1 Å². The lowest BCUT2D eigenvalue weighted by atomic mass is 10.2. The minimum Gasteiger partial charge on any atom is -0.473 e. The number of hydrogen-bond donors (Lipinski definition) is 1. The van der Waals surface area contributed by atoms with E-state index >= 15 is 0 Å². The van der Waals surface area contributed by atoms with Crippen LogP contribution >= 0.6 is 0 Å². The predicted molar refractivity (Wildman–Crippen MR) is 120 cm³/mol. The summed E-state index contributed by atoms with van der Waals surface area (Å²) >= 11 is 0. The number of benzene rings is 1. The van der Waals surface area contributed by atoms with Crippen LogP contribution in [0.3, 0.4) is 0 Å². The van der Waals surface area contributed by atoms with Crippen LogP contribution in [0.2, 0.25) is 0 Å². The Morgan fingerprint density at radius 2 is 2.06 bits per heavy atom. The van der Waals surface area contributed by atoms with E-state index in [9.17, 15) is 0 Å². The Morgan fingerprint density at radius 1 is 1.16 bits per heavy atom. The van der Waals surface area contributed by atoms with Crippen molar-refractivity contribution in [3.63, 3.8) is 0 Å². The van der Waals surface area contributed by atoms with E-state index in [-0.39, 0.29) is 12.3 Å². The first kappa shape index (κ1) is 19.7. The fourth-order valence-corrected chi connectivity index (χ4v) is 3.97. The minimum atomic E-state index is -0.0693. The summed E-state index contributed by atoms with van der Waals surface area (Å²) in [5.74, 6) is 1.78. The van der Waals surface area contributed by atoms with Crippen LogP contribution in [0.4, 0.5) is 11.6 Å². The SMILES string of the molecule is Cc1nc2c(OC(C)C)nc(Nc3ccc4ncccc4c3)nc2n1C1CCCCO1. The summed E-state index contributed by atoms with van der Waals surface area (Å²) in [6.07, 6.45) is 4.84. The zero-order valence-electron chi connectivity index (χ0n) is 18.0. The van der Waals surface area contributed by atoms with Gasteiger partial charge in [0, 0.05) is 23.9 Å². The molecule has 5 rings (SSSR count). The van der Waals surface area contributed by atoms with E-state index < -0.39 is 0 Å². The molecule has 4 heterocycles. The van der Waals surface area contributed by atoms with E-state index in [1.165, 1.54) is 0 Å². The largest absolute Gasteiger partial charge is 0.473 e. The molecule has 4 aromatic rings. The van der Waals surface area contributed by atoms with Crippen molar-refractivity contribution in [2.45, 2.75) is 52.4 Å². The van der Waals surface area contributed by atoms with Gasteiger partial charge in [-0.05, 0) is 64.3 Å². The molecule has 31 heavy (non-hydrogen) atoms. The average Bonchev–Trinajstić information content (AvgIpc) is 3.10. The molecule has 1 aliphatic heterocycles. The van der Waals surface area contributed by atoms with E-state index in [2.05, 4.69) is 19.9 Å². The number of fused-ring (bicyclic) bond motifs is 2. The molecule has 160 valence electrons. The molecule has 1 fully saturated rings. The molecule has 8 heteroatoms. The second-order valence-corrected chi connectivity index (χ2v) is 8.08. The van der Waals surface area contributed by atoms with Crippen molar-refractivity contribution in [3.8, 4) is 5.88 Å². The maximum Gasteiger partial charge on any atom is 0.247 e. The van der Waals surface area contributed by atoms with Crippen LogP contribution in [0, 0.1) is 6.92 Å². The van der Waals surface area contributed by atoms with E-state index in [0.29, 0.717) is 17.3 Å². The molecule has 1 unspecified atom stereocenters. The number of pyridine rings is 1. The number of nitrogens with one attached hydrogen (secondary N) is 1. The van der Waals surface area contributed by atoms with Crippen LogP contribution in [0.1, 0.15) is 45.2 Å². The monoisotopic (exact) mass is 418 g/mol. The first-order chi connectivity index (χ1) is 15.1. The molecule has 0 aliphatic carbocycles. The molecule has 8 nitrogen and oxygen atoms in total. The van der Waals surface area contributed by atoms with Gasteiger partial charge >= 0.3 is 0 Å². The second kappa shape index (κ2) is 8.11. The molecule has 1 saturated heterocycles. The highest BCUT2D eigenvalue weighted by Gasteiger charge is 2.24. The summed E-state index contributed by atoms with van der Waals surface area (Å²) in [6, 6.07) is 9.94. The predicted octanol–water partition coefficient (Wildman–Crippen LogP) is 4.91. The van der Waals surface area contributed by atoms with Crippen LogP contribution in [-0.2, 0) is 4.74 Å². The van der Waals surface area contributed by atoms with Gasteiger partial charge < -0.3 is 14.8 Å². The molecule has 1 aliphatic rings. The van der Waals surface area contributed by atoms with Gasteiger partial charge in [-0.15, -0.1) is 0 Å². The Morgan fingerprint density at radius 3 is 2.87 bits per heavy atom. The lowest BCUT2D eigenvalue weighted by molar-refractivity contribution is -0.0309. The summed E-state index contributed by atoms with van der Waals surface area (Å²) in [7, 11) is 0. The smallest absolute Gasteiger partial charge is 0.247 e. The van der Waals surface area contributed by atoms with Gasteiger partial charge in [0.2, 0.25) is 11.8 Å². The van der Waals surface area contributed by atoms with Gasteiger partial charge in [-0.2, -0.15) is 9.97 Å². The van der Waals surface area contributed by atoms with Gasteiger partial charge in [-0.3, -0.25) is 9.55 Å². The minimum absolute atomic E-state index is 0.0333. The number of anilines is 2. The van der Waals surface area contributed by atoms with Crippen LogP contribution in [0.15, 0.2) is 36.5 Å². The number of rotatable bonds is 5. The van der Waals surface area contributed by atoms with Crippen molar-refractivity contribution in [3.05, 3.63) is 42.4 Å². The number of imidazole rings is 1. The summed E-state index contributed by atoms with van der Waals surface area (Å²) in [5, 5.41) is 4.37. The van der Waals surface area contributed by atoms with E-state index in [1.807, 2.05) is 51.1 Å². The van der Waals surface area contributed by atoms with E-state index in [4.69, 9.17) is 19.4 Å². The fourth-order valence-electron chi connectivity index (χ4n) is 3.97. The van der Waals surface area contributed by atoms with E-state index in [1.54, 1.807) is 6.20 Å². The molecule has 0 amide bonds. The van der Waals surface area contributed by atoms with Crippen LogP contribution in [0.5, 0.6) is 5.88 Å². The Bertz CT molecular complexity index is 1230. The van der Waals surface area contributed by atoms with Gasteiger partial charge in [0.25, 0.3) is 0 Å². The summed E-state index contributed by atoms with van der Waals surface area (Å²) in [6.45, 7) is 6.68. The van der Waals surface area contributed by atoms with Crippen molar-refractivity contribution in [1.29, 1.82) is 0 Å². The third-order valence-electron chi connectivity index (χ3n) is 5.33. The maximum absolute atomic E-state index is 6.03. The Labute approximate surface area is 180 Å². The first-order valence-electron chi connectivity index (χ1n) is 10.7. The molecule has 1 N–H and O–H groups in total. The van der Waals surface area contributed by atoms with Crippen LogP contribution < -0.4 is 10.1 Å². The number of hydrogen-bond acceptors (Lipinski definition) is 7. The highest BCUT2D eigenvalue weighted by atomic mass is 16.5. The fraction of sp³-hybridized carbons (Fsp3) is 0.391. The van der Waals surface area contributed by atoms with Crippen molar-refractivity contribution < 1.29 is 9.47 Å². The second-order valence-electron chi connectivity index (χ2n) is 8.08. The van der Waals surface area contributed by atoms with Gasteiger partial charge in [0.1, 0.15) is 12.1 Å². The molecule has 0 radical (unpaired) electrons. The van der Waals surface area contributed by atoms with Gasteiger partial charge in [-0.25, -0.2) is 4.98 Å². The molecule has 1 atom stereocenters. The van der Waals surface area contributed by atoms with Gasteiger partial charge in [0.15, 0.2) is 11.2 Å². The topological polar surface area (TPSA) is 87.0 Å². The third kappa shape index (κ3) is 3.90. The Kier molecular flexibility index (Phi) is 5.15. The molecule has 0 bridgehead atoms. The lowest BCUT2D eigenvalue weighted by Crippen LogP contribution is -2.19. The highest BCUT2D eigenvalue weighted by Crippen LogP contribution is 2.32. The van der Waals surface area contributed by atoms with Crippen molar-refractivity contribution >= 4 is 33.7 Å². The number of ether oxygens (including phenoxy) is 2. The molecule has 0 saturated carbocycles. The normalized spacial score (nSPS) is 16.8. The summed E-state index contributed by atoms with van der Waals surface area (Å²) in [5.41, 5.74) is 3.21. The number of aryl methyl sites for hydroxylation is 1. The molecular formula is C23H26N6O2. The van der Waals surface area contributed by atoms with Crippen LogP contribution in [-0.4, -0.2) is 37.2 Å². The molecule has 3 aromatic heterocycles. The van der Waals surface area contributed by atoms with Crippen molar-refractivity contribution in [2.24, 2.45) is 0 Å².